The number of methoxy groups -OCH3 is 1. The predicted octanol–water partition coefficient (Wildman–Crippen LogP) is 1.91. The quantitative estimate of drug-likeness (QED) is 0.707. The number of nitrogens with two attached hydrogens (primary N) is 1. The van der Waals surface area contributed by atoms with Crippen LogP contribution in [0, 0.1) is 5.92 Å². The van der Waals surface area contributed by atoms with Gasteiger partial charge in [0.1, 0.15) is 0 Å². The van der Waals surface area contributed by atoms with Crippen molar-refractivity contribution < 1.29 is 4.74 Å². The zero-order valence-corrected chi connectivity index (χ0v) is 11.1. The van der Waals surface area contributed by atoms with Gasteiger partial charge in [-0.2, -0.15) is 0 Å². The summed E-state index contributed by atoms with van der Waals surface area (Å²) in [6, 6.07) is 0. The fourth-order valence-electron chi connectivity index (χ4n) is 2.48. The van der Waals surface area contributed by atoms with E-state index in [0.717, 1.165) is 19.0 Å². The molecule has 0 aromatic heterocycles. The third-order valence-corrected chi connectivity index (χ3v) is 4.03. The fraction of sp³-hybridized carbons (Fsp3) is 1.00. The molecule has 0 heterocycles. The van der Waals surface area contributed by atoms with Crippen LogP contribution in [0.4, 0.5) is 0 Å². The molecule has 0 saturated heterocycles. The van der Waals surface area contributed by atoms with Gasteiger partial charge in [-0.3, -0.25) is 0 Å². The summed E-state index contributed by atoms with van der Waals surface area (Å²) in [5, 5.41) is 3.65. The third-order valence-electron chi connectivity index (χ3n) is 4.03. The lowest BCUT2D eigenvalue weighted by Gasteiger charge is -2.34. The molecule has 0 aromatic rings. The van der Waals surface area contributed by atoms with E-state index in [2.05, 4.69) is 19.2 Å². The van der Waals surface area contributed by atoms with Crippen molar-refractivity contribution in [1.82, 2.24) is 5.32 Å². The molecule has 1 aliphatic carbocycles. The second-order valence-corrected chi connectivity index (χ2v) is 5.45. The van der Waals surface area contributed by atoms with Crippen LogP contribution in [0.5, 0.6) is 0 Å². The van der Waals surface area contributed by atoms with Gasteiger partial charge in [-0.15, -0.1) is 0 Å². The van der Waals surface area contributed by atoms with Crippen LogP contribution in [0.25, 0.3) is 0 Å². The normalized spacial score (nSPS) is 33.4. The highest BCUT2D eigenvalue weighted by Crippen LogP contribution is 2.29. The Morgan fingerprint density at radius 2 is 2.19 bits per heavy atom. The monoisotopic (exact) mass is 228 g/mol. The maximum Gasteiger partial charge on any atom is 0.0667 e. The van der Waals surface area contributed by atoms with E-state index in [-0.39, 0.29) is 11.6 Å². The highest BCUT2D eigenvalue weighted by molar-refractivity contribution is 4.92. The summed E-state index contributed by atoms with van der Waals surface area (Å²) >= 11 is 0. The summed E-state index contributed by atoms with van der Waals surface area (Å²) in [5.74, 6) is 0.857. The van der Waals surface area contributed by atoms with Crippen molar-refractivity contribution in [1.29, 1.82) is 0 Å². The number of ether oxygens (including phenoxy) is 1. The maximum atomic E-state index is 5.98. The maximum absolute atomic E-state index is 5.98. The Morgan fingerprint density at radius 3 is 2.81 bits per heavy atom. The molecule has 1 fully saturated rings. The van der Waals surface area contributed by atoms with E-state index in [4.69, 9.17) is 10.5 Å². The van der Waals surface area contributed by atoms with Gasteiger partial charge in [0.25, 0.3) is 0 Å². The first-order valence-electron chi connectivity index (χ1n) is 6.60. The minimum atomic E-state index is 0.164. The Balaban J connectivity index is 2.48. The van der Waals surface area contributed by atoms with Gasteiger partial charge in [-0.05, 0) is 32.1 Å². The fourth-order valence-corrected chi connectivity index (χ4v) is 2.48. The Hall–Kier alpha value is -0.120. The lowest BCUT2D eigenvalue weighted by molar-refractivity contribution is 0.104. The first kappa shape index (κ1) is 13.9. The average Bonchev–Trinajstić information content (AvgIpc) is 2.49. The van der Waals surface area contributed by atoms with Crippen molar-refractivity contribution in [3.8, 4) is 0 Å². The summed E-state index contributed by atoms with van der Waals surface area (Å²) < 4.78 is 5.28. The molecule has 1 rings (SSSR count). The lowest BCUT2D eigenvalue weighted by Crippen LogP contribution is -2.53. The highest BCUT2D eigenvalue weighted by Gasteiger charge is 2.30. The van der Waals surface area contributed by atoms with E-state index < -0.39 is 0 Å². The van der Waals surface area contributed by atoms with E-state index in [1.807, 2.05) is 0 Å². The van der Waals surface area contributed by atoms with Crippen molar-refractivity contribution in [3.63, 3.8) is 0 Å². The average molecular weight is 228 g/mol. The second kappa shape index (κ2) is 6.58. The van der Waals surface area contributed by atoms with Gasteiger partial charge in [0.15, 0.2) is 0 Å². The molecule has 3 heteroatoms. The molecule has 0 spiro atoms. The molecule has 16 heavy (non-hydrogen) atoms. The largest absolute Gasteiger partial charge is 0.380 e. The number of nitrogens with one attached hydrogen (secondary N) is 1. The van der Waals surface area contributed by atoms with Crippen LogP contribution in [-0.2, 0) is 4.74 Å². The number of rotatable bonds is 5. The topological polar surface area (TPSA) is 47.3 Å². The van der Waals surface area contributed by atoms with Crippen LogP contribution in [0.3, 0.4) is 0 Å². The molecule has 1 saturated carbocycles. The number of hydrogen-bond donors (Lipinski definition) is 2. The van der Waals surface area contributed by atoms with Crippen LogP contribution in [0.15, 0.2) is 0 Å². The molecule has 3 unspecified atom stereocenters. The minimum absolute atomic E-state index is 0.164. The van der Waals surface area contributed by atoms with Gasteiger partial charge in [0.05, 0.1) is 6.10 Å². The molecule has 3 N–H and O–H groups in total. The van der Waals surface area contributed by atoms with Crippen molar-refractivity contribution in [2.45, 2.75) is 57.6 Å². The van der Waals surface area contributed by atoms with E-state index in [0.29, 0.717) is 0 Å². The molecule has 1 aliphatic rings. The van der Waals surface area contributed by atoms with Gasteiger partial charge >= 0.3 is 0 Å². The van der Waals surface area contributed by atoms with Crippen molar-refractivity contribution in [3.05, 3.63) is 0 Å². The van der Waals surface area contributed by atoms with Crippen molar-refractivity contribution >= 4 is 0 Å². The summed E-state index contributed by atoms with van der Waals surface area (Å²) in [6.45, 7) is 6.10. The molecule has 0 bridgehead atoms. The molecule has 3 nitrogen and oxygen atoms in total. The van der Waals surface area contributed by atoms with Crippen LogP contribution in [0.2, 0.25) is 0 Å². The smallest absolute Gasteiger partial charge is 0.0667 e. The van der Waals surface area contributed by atoms with Crippen LogP contribution < -0.4 is 11.1 Å². The standard InChI is InChI=1S/C13H28N2O/c1-11-5-4-7-13(10-14,8-6-11)15-9-12(2)16-3/h11-12,15H,4-10,14H2,1-3H3. The van der Waals surface area contributed by atoms with Crippen molar-refractivity contribution in [2.75, 3.05) is 20.2 Å². The zero-order chi connectivity index (χ0) is 12.0. The SMILES string of the molecule is COC(C)CNC1(CN)CCCC(C)CC1. The van der Waals surface area contributed by atoms with Crippen LogP contribution in [-0.4, -0.2) is 31.8 Å². The van der Waals surface area contributed by atoms with E-state index in [1.165, 1.54) is 32.1 Å². The molecule has 0 amide bonds. The van der Waals surface area contributed by atoms with E-state index in [1.54, 1.807) is 7.11 Å². The third kappa shape index (κ3) is 4.04. The van der Waals surface area contributed by atoms with Crippen molar-refractivity contribution in [2.24, 2.45) is 11.7 Å². The Kier molecular flexibility index (Phi) is 5.73. The number of hydrogen-bond acceptors (Lipinski definition) is 3. The summed E-state index contributed by atoms with van der Waals surface area (Å²) in [5.41, 5.74) is 6.14. The van der Waals surface area contributed by atoms with Gasteiger partial charge in [0.2, 0.25) is 0 Å². The molecular weight excluding hydrogens is 200 g/mol. The molecule has 0 radical (unpaired) electrons. The Labute approximate surface area is 100 Å². The van der Waals surface area contributed by atoms with Gasteiger partial charge in [-0.25, -0.2) is 0 Å². The van der Waals surface area contributed by atoms with Crippen LogP contribution in [0.1, 0.15) is 46.0 Å². The van der Waals surface area contributed by atoms with Gasteiger partial charge in [0, 0.05) is 25.7 Å². The highest BCUT2D eigenvalue weighted by atomic mass is 16.5. The van der Waals surface area contributed by atoms with Gasteiger partial charge < -0.3 is 15.8 Å². The molecule has 96 valence electrons. The summed E-state index contributed by atoms with van der Waals surface area (Å²) in [7, 11) is 1.76. The molecule has 3 atom stereocenters. The summed E-state index contributed by atoms with van der Waals surface area (Å²) in [6.07, 6.45) is 6.64. The Bertz CT molecular complexity index is 198. The molecule has 0 aromatic carbocycles. The van der Waals surface area contributed by atoms with E-state index in [9.17, 15) is 0 Å². The second-order valence-electron chi connectivity index (χ2n) is 5.45. The van der Waals surface area contributed by atoms with Gasteiger partial charge in [-0.1, -0.05) is 19.8 Å². The first-order chi connectivity index (χ1) is 7.62. The predicted molar refractivity (Wildman–Crippen MR) is 68.5 cm³/mol. The zero-order valence-electron chi connectivity index (χ0n) is 11.1. The lowest BCUT2D eigenvalue weighted by atomic mass is 9.89. The van der Waals surface area contributed by atoms with Crippen LogP contribution >= 0.6 is 0 Å². The molecule has 0 aliphatic heterocycles. The minimum Gasteiger partial charge on any atom is -0.380 e. The van der Waals surface area contributed by atoms with E-state index >= 15 is 0 Å². The Morgan fingerprint density at radius 1 is 1.44 bits per heavy atom. The first-order valence-corrected chi connectivity index (χ1v) is 6.60. The summed E-state index contributed by atoms with van der Waals surface area (Å²) in [4.78, 5) is 0. The molecular formula is C13H28N2O.